The molecule has 146 valence electrons. The van der Waals surface area contributed by atoms with Crippen LogP contribution < -0.4 is 16.4 Å². The third kappa shape index (κ3) is 3.48. The van der Waals surface area contributed by atoms with E-state index in [1.54, 1.807) is 6.20 Å². The first-order valence-electron chi connectivity index (χ1n) is 9.49. The van der Waals surface area contributed by atoms with Crippen molar-refractivity contribution in [1.82, 2.24) is 20.2 Å². The average Bonchev–Trinajstić information content (AvgIpc) is 3.19. The number of carbonyl (C=O) groups is 1. The van der Waals surface area contributed by atoms with Gasteiger partial charge < -0.3 is 21.3 Å². The molecule has 0 unspecified atom stereocenters. The molecule has 4 N–H and O–H groups in total. The molecule has 5 rings (SSSR count). The number of piperazine rings is 1. The van der Waals surface area contributed by atoms with Crippen LogP contribution in [0.25, 0.3) is 21.0 Å². The molecular weight excluding hydrogens is 384 g/mol. The van der Waals surface area contributed by atoms with Gasteiger partial charge in [0.25, 0.3) is 5.91 Å². The highest BCUT2D eigenvalue weighted by Crippen LogP contribution is 2.32. The molecule has 7 nitrogen and oxygen atoms in total. The van der Waals surface area contributed by atoms with Gasteiger partial charge in [-0.05, 0) is 36.4 Å². The summed E-state index contributed by atoms with van der Waals surface area (Å²) < 4.78 is 1.05. The van der Waals surface area contributed by atoms with Gasteiger partial charge >= 0.3 is 0 Å². The molecule has 0 saturated carbocycles. The number of nitrogens with one attached hydrogen (secondary N) is 2. The van der Waals surface area contributed by atoms with Crippen LogP contribution >= 0.6 is 11.3 Å². The summed E-state index contributed by atoms with van der Waals surface area (Å²) in [6, 6.07) is 13.5. The van der Waals surface area contributed by atoms with E-state index in [9.17, 15) is 4.79 Å². The Morgan fingerprint density at radius 1 is 1.17 bits per heavy atom. The van der Waals surface area contributed by atoms with E-state index in [-0.39, 0.29) is 5.91 Å². The van der Waals surface area contributed by atoms with Crippen LogP contribution in [0.4, 0.5) is 17.3 Å². The lowest BCUT2D eigenvalue weighted by atomic mass is 10.1. The van der Waals surface area contributed by atoms with Gasteiger partial charge in [0.05, 0.1) is 10.4 Å². The summed E-state index contributed by atoms with van der Waals surface area (Å²) in [5, 5.41) is 8.40. The lowest BCUT2D eigenvalue weighted by molar-refractivity contribution is 0.0741. The summed E-state index contributed by atoms with van der Waals surface area (Å²) in [6.45, 7) is 3.16. The molecule has 0 aliphatic carbocycles. The van der Waals surface area contributed by atoms with Crippen molar-refractivity contribution in [2.45, 2.75) is 0 Å². The minimum Gasteiger partial charge on any atom is -0.399 e. The van der Waals surface area contributed by atoms with Crippen LogP contribution in [-0.4, -0.2) is 47.0 Å². The third-order valence-electron chi connectivity index (χ3n) is 5.01. The smallest absolute Gasteiger partial charge is 0.264 e. The van der Waals surface area contributed by atoms with Crippen molar-refractivity contribution in [3.63, 3.8) is 0 Å². The quantitative estimate of drug-likeness (QED) is 0.454. The molecule has 29 heavy (non-hydrogen) atoms. The SMILES string of the molecule is Nc1cccc(Nc2ncc3ccc4sc(C(=O)N5CCNCC5)cc4c3n2)c1. The number of nitrogens with zero attached hydrogens (tertiary/aromatic N) is 3. The average molecular weight is 404 g/mol. The van der Waals surface area contributed by atoms with Gasteiger partial charge in [-0.15, -0.1) is 11.3 Å². The van der Waals surface area contributed by atoms with Gasteiger partial charge in [0.2, 0.25) is 5.95 Å². The van der Waals surface area contributed by atoms with E-state index < -0.39 is 0 Å². The Balaban J connectivity index is 1.52. The van der Waals surface area contributed by atoms with Crippen molar-refractivity contribution >= 4 is 55.6 Å². The summed E-state index contributed by atoms with van der Waals surface area (Å²) >= 11 is 1.52. The molecule has 0 bridgehead atoms. The predicted octanol–water partition coefficient (Wildman–Crippen LogP) is 3.22. The second-order valence-corrected chi connectivity index (χ2v) is 8.10. The maximum absolute atomic E-state index is 12.9. The molecular formula is C21H20N6OS. The number of aromatic nitrogens is 2. The number of nitrogens with two attached hydrogens (primary N) is 1. The summed E-state index contributed by atoms with van der Waals surface area (Å²) in [6.07, 6.45) is 1.80. The Labute approximate surface area is 171 Å². The van der Waals surface area contributed by atoms with E-state index >= 15 is 0 Å². The second kappa shape index (κ2) is 7.31. The molecule has 0 spiro atoms. The Hall–Kier alpha value is -3.23. The van der Waals surface area contributed by atoms with Crippen LogP contribution in [0.2, 0.25) is 0 Å². The van der Waals surface area contributed by atoms with Crippen molar-refractivity contribution in [2.24, 2.45) is 0 Å². The lowest BCUT2D eigenvalue weighted by Gasteiger charge is -2.26. The van der Waals surface area contributed by atoms with Gasteiger partial charge in [-0.3, -0.25) is 4.79 Å². The maximum Gasteiger partial charge on any atom is 0.264 e. The Morgan fingerprint density at radius 3 is 2.86 bits per heavy atom. The molecule has 1 fully saturated rings. The number of fused-ring (bicyclic) bond motifs is 3. The van der Waals surface area contributed by atoms with Crippen LogP contribution in [0.5, 0.6) is 0 Å². The number of thiophene rings is 1. The molecule has 1 saturated heterocycles. The highest BCUT2D eigenvalue weighted by Gasteiger charge is 2.20. The monoisotopic (exact) mass is 404 g/mol. The predicted molar refractivity (Wildman–Crippen MR) is 118 cm³/mol. The number of anilines is 3. The Bertz CT molecular complexity index is 1210. The second-order valence-electron chi connectivity index (χ2n) is 7.01. The zero-order valence-corrected chi connectivity index (χ0v) is 16.5. The summed E-state index contributed by atoms with van der Waals surface area (Å²) in [5.74, 6) is 0.588. The van der Waals surface area contributed by atoms with E-state index in [2.05, 4.69) is 15.6 Å². The van der Waals surface area contributed by atoms with E-state index in [4.69, 9.17) is 10.7 Å². The number of hydrogen-bond acceptors (Lipinski definition) is 7. The number of carbonyl (C=O) groups excluding carboxylic acids is 1. The molecule has 3 heterocycles. The largest absolute Gasteiger partial charge is 0.399 e. The van der Waals surface area contributed by atoms with Crippen LogP contribution in [-0.2, 0) is 0 Å². The van der Waals surface area contributed by atoms with Crippen molar-refractivity contribution in [3.05, 3.63) is 53.5 Å². The zero-order chi connectivity index (χ0) is 19.8. The topological polar surface area (TPSA) is 96.2 Å². The number of rotatable bonds is 3. The van der Waals surface area contributed by atoms with Gasteiger partial charge in [0.15, 0.2) is 0 Å². The maximum atomic E-state index is 12.9. The lowest BCUT2D eigenvalue weighted by Crippen LogP contribution is -2.46. The van der Waals surface area contributed by atoms with Crippen molar-refractivity contribution in [3.8, 4) is 0 Å². The minimum atomic E-state index is 0.0908. The molecule has 8 heteroatoms. The third-order valence-corrected chi connectivity index (χ3v) is 6.09. The molecule has 1 aliphatic rings. The first-order chi connectivity index (χ1) is 14.2. The fraction of sp³-hybridized carbons (Fsp3) is 0.190. The van der Waals surface area contributed by atoms with E-state index in [0.29, 0.717) is 11.6 Å². The van der Waals surface area contributed by atoms with Gasteiger partial charge in [-0.25, -0.2) is 9.97 Å². The van der Waals surface area contributed by atoms with Crippen LogP contribution in [0, 0.1) is 0 Å². The van der Waals surface area contributed by atoms with E-state index in [0.717, 1.165) is 57.7 Å². The molecule has 4 aromatic rings. The molecule has 2 aromatic carbocycles. The number of amides is 1. The van der Waals surface area contributed by atoms with Crippen molar-refractivity contribution < 1.29 is 4.79 Å². The fourth-order valence-corrected chi connectivity index (χ4v) is 4.57. The van der Waals surface area contributed by atoms with Crippen LogP contribution in [0.3, 0.4) is 0 Å². The Kier molecular flexibility index (Phi) is 4.49. The van der Waals surface area contributed by atoms with Crippen molar-refractivity contribution in [2.75, 3.05) is 37.2 Å². The summed E-state index contributed by atoms with van der Waals surface area (Å²) in [7, 11) is 0. The first-order valence-corrected chi connectivity index (χ1v) is 10.3. The fourth-order valence-electron chi connectivity index (χ4n) is 3.54. The number of nitrogen functional groups attached to an aromatic ring is 1. The normalized spacial score (nSPS) is 14.4. The van der Waals surface area contributed by atoms with E-state index in [1.165, 1.54) is 11.3 Å². The van der Waals surface area contributed by atoms with Gasteiger partial charge in [0, 0.05) is 59.2 Å². The van der Waals surface area contributed by atoms with Crippen LogP contribution in [0.1, 0.15) is 9.67 Å². The minimum absolute atomic E-state index is 0.0908. The Morgan fingerprint density at radius 2 is 2.03 bits per heavy atom. The standard InChI is InChI=1S/C21H20N6OS/c22-14-2-1-3-15(10-14)25-21-24-12-13-4-5-17-16(19(13)26-21)11-18(29-17)20(28)27-8-6-23-7-9-27/h1-5,10-12,23H,6-9,22H2,(H,24,25,26). The number of benzene rings is 2. The molecule has 0 atom stereocenters. The molecule has 1 amide bonds. The van der Waals surface area contributed by atoms with Gasteiger partial charge in [-0.1, -0.05) is 6.07 Å². The highest BCUT2D eigenvalue weighted by atomic mass is 32.1. The molecule has 2 aromatic heterocycles. The van der Waals surface area contributed by atoms with Gasteiger partial charge in [0.1, 0.15) is 0 Å². The summed E-state index contributed by atoms with van der Waals surface area (Å²) in [4.78, 5) is 24.7. The zero-order valence-electron chi connectivity index (χ0n) is 15.7. The molecule has 1 aliphatic heterocycles. The summed E-state index contributed by atoms with van der Waals surface area (Å²) in [5.41, 5.74) is 8.19. The first kappa shape index (κ1) is 17.8. The van der Waals surface area contributed by atoms with Crippen LogP contribution in [0.15, 0.2) is 48.7 Å². The van der Waals surface area contributed by atoms with Gasteiger partial charge in [-0.2, -0.15) is 0 Å². The highest BCUT2D eigenvalue weighted by molar-refractivity contribution is 7.21. The molecule has 0 radical (unpaired) electrons. The van der Waals surface area contributed by atoms with E-state index in [1.807, 2.05) is 47.4 Å². The van der Waals surface area contributed by atoms with Crippen molar-refractivity contribution in [1.29, 1.82) is 0 Å². The number of hydrogen-bond donors (Lipinski definition) is 3.